The van der Waals surface area contributed by atoms with Crippen LogP contribution in [0.4, 0.5) is 4.79 Å². The van der Waals surface area contributed by atoms with Gasteiger partial charge in [0.25, 0.3) is 0 Å². The number of urea groups is 1. The van der Waals surface area contributed by atoms with Gasteiger partial charge in [0.05, 0.1) is 5.92 Å². The van der Waals surface area contributed by atoms with Crippen LogP contribution in [0.5, 0.6) is 0 Å². The number of carboxylic acid groups (broad SMARTS) is 1. The number of aliphatic carboxylic acids is 1. The number of hydrogen-bond acceptors (Lipinski definition) is 3. The highest BCUT2D eigenvalue weighted by atomic mass is 16.4. The predicted octanol–water partition coefficient (Wildman–Crippen LogP) is 1.52. The molecule has 0 radical (unpaired) electrons. The van der Waals surface area contributed by atoms with Crippen LogP contribution in [-0.4, -0.2) is 54.2 Å². The van der Waals surface area contributed by atoms with Crippen LogP contribution in [-0.2, 0) is 4.79 Å². The molecular formula is C15H29N3O3. The van der Waals surface area contributed by atoms with E-state index in [0.29, 0.717) is 0 Å². The third-order valence-corrected chi connectivity index (χ3v) is 4.07. The fourth-order valence-electron chi connectivity index (χ4n) is 2.66. The zero-order valence-electron chi connectivity index (χ0n) is 13.4. The molecule has 1 aliphatic heterocycles. The van der Waals surface area contributed by atoms with Gasteiger partial charge >= 0.3 is 12.0 Å². The van der Waals surface area contributed by atoms with Gasteiger partial charge in [0.15, 0.2) is 0 Å². The molecule has 2 amide bonds. The number of piperidine rings is 1. The maximum Gasteiger partial charge on any atom is 0.315 e. The lowest BCUT2D eigenvalue weighted by Crippen LogP contribution is -2.49. The molecule has 0 aromatic heterocycles. The maximum absolute atomic E-state index is 11.8. The summed E-state index contributed by atoms with van der Waals surface area (Å²) in [5.74, 6) is -1.40. The Hall–Kier alpha value is -1.30. The van der Waals surface area contributed by atoms with Crippen molar-refractivity contribution < 1.29 is 14.7 Å². The van der Waals surface area contributed by atoms with Crippen molar-refractivity contribution in [2.45, 2.75) is 46.1 Å². The molecule has 0 aromatic carbocycles. The lowest BCUT2D eigenvalue weighted by atomic mass is 9.96. The van der Waals surface area contributed by atoms with E-state index in [1.165, 1.54) is 0 Å². The highest BCUT2D eigenvalue weighted by Crippen LogP contribution is 2.11. The Balaban J connectivity index is 2.27. The van der Waals surface area contributed by atoms with Gasteiger partial charge in [0.1, 0.15) is 0 Å². The van der Waals surface area contributed by atoms with E-state index in [1.54, 1.807) is 0 Å². The van der Waals surface area contributed by atoms with Gasteiger partial charge < -0.3 is 20.6 Å². The molecule has 1 heterocycles. The summed E-state index contributed by atoms with van der Waals surface area (Å²) in [4.78, 5) is 25.3. The van der Waals surface area contributed by atoms with Gasteiger partial charge in [-0.15, -0.1) is 0 Å². The number of rotatable bonds is 7. The average molecular weight is 299 g/mol. The van der Waals surface area contributed by atoms with Crippen LogP contribution in [0, 0.1) is 11.8 Å². The molecule has 21 heavy (non-hydrogen) atoms. The van der Waals surface area contributed by atoms with Crippen molar-refractivity contribution >= 4 is 12.0 Å². The maximum atomic E-state index is 11.8. The Morgan fingerprint density at radius 1 is 1.29 bits per heavy atom. The number of amides is 2. The number of carbonyl (C=O) groups excluding carboxylic acids is 1. The SMILES string of the molecule is CCCN1CCC(NC(=O)NCC(C(=O)O)C(C)C)CC1. The Bertz CT molecular complexity index is 339. The van der Waals surface area contributed by atoms with Crippen LogP contribution < -0.4 is 10.6 Å². The monoisotopic (exact) mass is 299 g/mol. The molecule has 3 N–H and O–H groups in total. The first-order valence-corrected chi connectivity index (χ1v) is 7.93. The standard InChI is InChI=1S/C15H29N3O3/c1-4-7-18-8-5-12(6-9-18)17-15(21)16-10-13(11(2)3)14(19)20/h11-13H,4-10H2,1-3H3,(H,19,20)(H2,16,17,21). The first kappa shape index (κ1) is 17.8. The number of nitrogens with one attached hydrogen (secondary N) is 2. The molecule has 0 spiro atoms. The van der Waals surface area contributed by atoms with E-state index < -0.39 is 11.9 Å². The highest BCUT2D eigenvalue weighted by molar-refractivity contribution is 5.76. The first-order valence-electron chi connectivity index (χ1n) is 7.93. The van der Waals surface area contributed by atoms with E-state index in [9.17, 15) is 9.59 Å². The van der Waals surface area contributed by atoms with Gasteiger partial charge in [-0.25, -0.2) is 4.79 Å². The summed E-state index contributed by atoms with van der Waals surface area (Å²) in [6.45, 7) is 9.20. The average Bonchev–Trinajstić information content (AvgIpc) is 2.40. The minimum Gasteiger partial charge on any atom is -0.481 e. The summed E-state index contributed by atoms with van der Waals surface area (Å²) in [5.41, 5.74) is 0. The smallest absolute Gasteiger partial charge is 0.315 e. The molecule has 0 aliphatic carbocycles. The third-order valence-electron chi connectivity index (χ3n) is 4.07. The van der Waals surface area contributed by atoms with Crippen LogP contribution >= 0.6 is 0 Å². The zero-order valence-corrected chi connectivity index (χ0v) is 13.4. The molecule has 1 aliphatic rings. The molecule has 1 saturated heterocycles. The van der Waals surface area contributed by atoms with Crippen molar-refractivity contribution in [2.75, 3.05) is 26.2 Å². The second-order valence-corrected chi connectivity index (χ2v) is 6.16. The van der Waals surface area contributed by atoms with Crippen LogP contribution in [0.3, 0.4) is 0 Å². The summed E-state index contributed by atoms with van der Waals surface area (Å²) in [5, 5.41) is 14.7. The van der Waals surface area contributed by atoms with E-state index in [0.717, 1.165) is 38.9 Å². The molecule has 0 saturated carbocycles. The van der Waals surface area contributed by atoms with Gasteiger partial charge in [-0.1, -0.05) is 20.8 Å². The van der Waals surface area contributed by atoms with Gasteiger partial charge in [-0.05, 0) is 31.7 Å². The van der Waals surface area contributed by atoms with Crippen molar-refractivity contribution in [3.63, 3.8) is 0 Å². The Morgan fingerprint density at radius 2 is 1.90 bits per heavy atom. The molecule has 6 heteroatoms. The van der Waals surface area contributed by atoms with Gasteiger partial charge in [0.2, 0.25) is 0 Å². The fraction of sp³-hybridized carbons (Fsp3) is 0.867. The third kappa shape index (κ3) is 6.33. The number of likely N-dealkylation sites (tertiary alicyclic amines) is 1. The molecule has 1 fully saturated rings. The zero-order chi connectivity index (χ0) is 15.8. The van der Waals surface area contributed by atoms with Crippen LogP contribution in [0.25, 0.3) is 0 Å². The van der Waals surface area contributed by atoms with Crippen molar-refractivity contribution in [3.05, 3.63) is 0 Å². The number of carbonyl (C=O) groups is 2. The molecule has 1 atom stereocenters. The summed E-state index contributed by atoms with van der Waals surface area (Å²) < 4.78 is 0. The number of carboxylic acids is 1. The molecule has 1 rings (SSSR count). The molecule has 0 bridgehead atoms. The minimum absolute atomic E-state index is 0.0000765. The summed E-state index contributed by atoms with van der Waals surface area (Å²) in [6.07, 6.45) is 3.07. The van der Waals surface area contributed by atoms with Crippen LogP contribution in [0.2, 0.25) is 0 Å². The predicted molar refractivity (Wildman–Crippen MR) is 82.3 cm³/mol. The van der Waals surface area contributed by atoms with E-state index in [2.05, 4.69) is 22.5 Å². The van der Waals surface area contributed by atoms with Gasteiger partial charge in [-0.3, -0.25) is 4.79 Å². The summed E-state index contributed by atoms with van der Waals surface area (Å²) in [6, 6.07) is -0.0590. The molecule has 0 aromatic rings. The molecule has 1 unspecified atom stereocenters. The number of hydrogen-bond donors (Lipinski definition) is 3. The second-order valence-electron chi connectivity index (χ2n) is 6.16. The van der Waals surface area contributed by atoms with E-state index in [1.807, 2.05) is 13.8 Å². The van der Waals surface area contributed by atoms with Crippen molar-refractivity contribution in [3.8, 4) is 0 Å². The fourth-order valence-corrected chi connectivity index (χ4v) is 2.66. The Morgan fingerprint density at radius 3 is 2.38 bits per heavy atom. The Kier molecular flexibility index (Phi) is 7.50. The van der Waals surface area contributed by atoms with E-state index >= 15 is 0 Å². The van der Waals surface area contributed by atoms with E-state index in [-0.39, 0.29) is 24.5 Å². The lowest BCUT2D eigenvalue weighted by Gasteiger charge is -2.32. The van der Waals surface area contributed by atoms with Crippen molar-refractivity contribution in [1.82, 2.24) is 15.5 Å². The largest absolute Gasteiger partial charge is 0.481 e. The number of nitrogens with zero attached hydrogens (tertiary/aromatic N) is 1. The quantitative estimate of drug-likeness (QED) is 0.665. The Labute approximate surface area is 127 Å². The first-order chi connectivity index (χ1) is 9.93. The second kappa shape index (κ2) is 8.87. The van der Waals surface area contributed by atoms with Crippen LogP contribution in [0.15, 0.2) is 0 Å². The van der Waals surface area contributed by atoms with Crippen molar-refractivity contribution in [2.24, 2.45) is 11.8 Å². The topological polar surface area (TPSA) is 81.7 Å². The summed E-state index contributed by atoms with van der Waals surface area (Å²) >= 11 is 0. The highest BCUT2D eigenvalue weighted by Gasteiger charge is 2.23. The minimum atomic E-state index is -0.863. The van der Waals surface area contributed by atoms with E-state index in [4.69, 9.17) is 5.11 Å². The normalized spacial score (nSPS) is 18.5. The molecule has 122 valence electrons. The lowest BCUT2D eigenvalue weighted by molar-refractivity contribution is -0.142. The molecular weight excluding hydrogens is 270 g/mol. The molecule has 6 nitrogen and oxygen atoms in total. The van der Waals surface area contributed by atoms with Gasteiger partial charge in [0, 0.05) is 25.7 Å². The van der Waals surface area contributed by atoms with Gasteiger partial charge in [-0.2, -0.15) is 0 Å². The van der Waals surface area contributed by atoms with Crippen molar-refractivity contribution in [1.29, 1.82) is 0 Å². The van der Waals surface area contributed by atoms with Crippen LogP contribution in [0.1, 0.15) is 40.0 Å². The summed E-state index contributed by atoms with van der Waals surface area (Å²) in [7, 11) is 0.